The fraction of sp³-hybridized carbons (Fsp3) is 1.00. The Hall–Kier alpha value is 0.0249. The summed E-state index contributed by atoms with van der Waals surface area (Å²) in [4.78, 5) is 0. The first-order valence-electron chi connectivity index (χ1n) is 1.52. The molecule has 1 nitrogen and oxygen atoms in total. The van der Waals surface area contributed by atoms with E-state index in [9.17, 15) is 0 Å². The predicted molar refractivity (Wildman–Crippen MR) is 20.1 cm³/mol. The minimum Gasteiger partial charge on any atom is -0.405 e. The van der Waals surface area contributed by atoms with E-state index in [1.54, 1.807) is 0 Å². The highest BCUT2D eigenvalue weighted by Crippen LogP contribution is 1.42. The van der Waals surface area contributed by atoms with Crippen molar-refractivity contribution in [1.82, 2.24) is 0 Å². The number of aliphatic hydroxyl groups excluding tert-OH is 1. The fourth-order valence-electron chi connectivity index (χ4n) is 0. The lowest BCUT2D eigenvalue weighted by Gasteiger charge is -1.65. The Morgan fingerprint density at radius 3 is 2.25 bits per heavy atom. The van der Waals surface area contributed by atoms with E-state index >= 15 is 0 Å². The molecule has 24 valence electrons. The predicted octanol–water partition coefficient (Wildman–Crippen LogP) is -0.579. The number of hydrogen-bond acceptors (Lipinski definition) is 1. The summed E-state index contributed by atoms with van der Waals surface area (Å²) in [6, 6.07) is 0. The zero-order chi connectivity index (χ0) is 3.41. The average molecular weight is 57.9 g/mol. The second-order valence-electron chi connectivity index (χ2n) is 0.724. The van der Waals surface area contributed by atoms with Gasteiger partial charge < -0.3 is 5.11 Å². The normalized spacial score (nSPS) is 6.50. The van der Waals surface area contributed by atoms with Crippen molar-refractivity contribution >= 4 is 7.28 Å². The molecule has 0 amide bonds. The minimum atomic E-state index is 0.319. The zero-order valence-corrected chi connectivity index (χ0v) is 2.86. The second-order valence-corrected chi connectivity index (χ2v) is 0.724. The lowest BCUT2D eigenvalue weighted by molar-refractivity contribution is 0.366. The van der Waals surface area contributed by atoms with Crippen LogP contribution in [-0.4, -0.2) is 18.9 Å². The Labute approximate surface area is 26.9 Å². The van der Waals surface area contributed by atoms with Gasteiger partial charge in [0.05, 0.1) is 0 Å². The van der Waals surface area contributed by atoms with E-state index in [4.69, 9.17) is 5.11 Å². The zero-order valence-electron chi connectivity index (χ0n) is 2.86. The quantitative estimate of drug-likeness (QED) is 0.400. The van der Waals surface area contributed by atoms with Crippen molar-refractivity contribution in [3.63, 3.8) is 0 Å². The van der Waals surface area contributed by atoms with Gasteiger partial charge in [0, 0.05) is 6.51 Å². The van der Waals surface area contributed by atoms with Gasteiger partial charge in [0.2, 0.25) is 0 Å². The molecular formula is C2H7BO. The van der Waals surface area contributed by atoms with Crippen molar-refractivity contribution in [3.8, 4) is 0 Å². The molecule has 0 radical (unpaired) electrons. The largest absolute Gasteiger partial charge is 0.405 e. The van der Waals surface area contributed by atoms with Gasteiger partial charge in [0.1, 0.15) is 7.28 Å². The minimum absolute atomic E-state index is 0.319. The molecule has 4 heavy (non-hydrogen) atoms. The molecule has 0 aliphatic carbocycles. The van der Waals surface area contributed by atoms with Gasteiger partial charge >= 0.3 is 0 Å². The SMILES string of the molecule is CBCO. The third-order valence-corrected chi connectivity index (χ3v) is 0.224. The molecule has 0 unspecified atom stereocenters. The molecule has 0 saturated heterocycles. The van der Waals surface area contributed by atoms with E-state index < -0.39 is 0 Å². The molecule has 0 aromatic heterocycles. The van der Waals surface area contributed by atoms with Crippen molar-refractivity contribution in [2.24, 2.45) is 0 Å². The molecular weight excluding hydrogens is 50.8 g/mol. The van der Waals surface area contributed by atoms with Crippen molar-refractivity contribution in [2.45, 2.75) is 6.82 Å². The van der Waals surface area contributed by atoms with Gasteiger partial charge in [-0.05, 0) is 0 Å². The molecule has 0 heterocycles. The number of hydrogen-bond donors (Lipinski definition) is 1. The standard InChI is InChI=1S/C2H7BO/c1-3-2-4/h3-4H,2H2,1H3. The van der Waals surface area contributed by atoms with Gasteiger partial charge in [-0.2, -0.15) is 0 Å². The van der Waals surface area contributed by atoms with Crippen LogP contribution in [0.25, 0.3) is 0 Å². The summed E-state index contributed by atoms with van der Waals surface area (Å²) >= 11 is 0. The molecule has 0 rings (SSSR count). The third-order valence-electron chi connectivity index (χ3n) is 0.224. The molecule has 0 atom stereocenters. The van der Waals surface area contributed by atoms with Crippen molar-refractivity contribution in [3.05, 3.63) is 0 Å². The molecule has 0 saturated carbocycles. The smallest absolute Gasteiger partial charge is 0.150 e. The maximum atomic E-state index is 7.88. The van der Waals surface area contributed by atoms with Crippen LogP contribution in [0.2, 0.25) is 6.82 Å². The molecule has 0 fully saturated rings. The summed E-state index contributed by atoms with van der Waals surface area (Å²) in [5.41, 5.74) is 0. The van der Waals surface area contributed by atoms with E-state index in [1.165, 1.54) is 0 Å². The number of rotatable bonds is 1. The maximum Gasteiger partial charge on any atom is 0.150 e. The Kier molecular flexibility index (Phi) is 3.04. The number of aliphatic hydroxyl groups is 1. The second kappa shape index (κ2) is 3.02. The van der Waals surface area contributed by atoms with Crippen molar-refractivity contribution in [2.75, 3.05) is 6.51 Å². The van der Waals surface area contributed by atoms with E-state index in [-0.39, 0.29) is 0 Å². The molecule has 0 aromatic rings. The van der Waals surface area contributed by atoms with Gasteiger partial charge in [-0.3, -0.25) is 0 Å². The van der Waals surface area contributed by atoms with Crippen LogP contribution in [0.1, 0.15) is 0 Å². The van der Waals surface area contributed by atoms with Crippen LogP contribution in [0.15, 0.2) is 0 Å². The molecule has 0 spiro atoms. The van der Waals surface area contributed by atoms with Crippen LogP contribution in [-0.2, 0) is 0 Å². The van der Waals surface area contributed by atoms with E-state index in [0.29, 0.717) is 6.51 Å². The van der Waals surface area contributed by atoms with Crippen LogP contribution in [0.3, 0.4) is 0 Å². The first-order chi connectivity index (χ1) is 1.91. The van der Waals surface area contributed by atoms with Crippen LogP contribution >= 0.6 is 0 Å². The molecule has 2 heteroatoms. The summed E-state index contributed by atoms with van der Waals surface area (Å²) in [7, 11) is 0.875. The van der Waals surface area contributed by atoms with Crippen LogP contribution in [0, 0.1) is 0 Å². The summed E-state index contributed by atoms with van der Waals surface area (Å²) in [6.45, 7) is 2.25. The summed E-state index contributed by atoms with van der Waals surface area (Å²) in [5.74, 6) is 0. The Bertz CT molecular complexity index is 8.00. The lowest BCUT2D eigenvalue weighted by Crippen LogP contribution is -1.85. The summed E-state index contributed by atoms with van der Waals surface area (Å²) in [5, 5.41) is 7.88. The lowest BCUT2D eigenvalue weighted by atomic mass is 9.85. The molecule has 1 N–H and O–H groups in total. The summed E-state index contributed by atoms with van der Waals surface area (Å²) < 4.78 is 0. The van der Waals surface area contributed by atoms with E-state index in [2.05, 4.69) is 0 Å². The van der Waals surface area contributed by atoms with Gasteiger partial charge in [0.25, 0.3) is 0 Å². The first kappa shape index (κ1) is 4.02. The van der Waals surface area contributed by atoms with Gasteiger partial charge in [0.15, 0.2) is 0 Å². The highest BCUT2D eigenvalue weighted by atomic mass is 16.2. The van der Waals surface area contributed by atoms with Crippen molar-refractivity contribution in [1.29, 1.82) is 0 Å². The summed E-state index contributed by atoms with van der Waals surface area (Å²) in [6.07, 6.45) is 0. The molecule has 0 aliphatic heterocycles. The van der Waals surface area contributed by atoms with Crippen molar-refractivity contribution < 1.29 is 5.11 Å². The van der Waals surface area contributed by atoms with E-state index in [0.717, 1.165) is 7.28 Å². The Balaban J connectivity index is 1.97. The van der Waals surface area contributed by atoms with Crippen LogP contribution in [0.4, 0.5) is 0 Å². The highest BCUT2D eigenvalue weighted by Gasteiger charge is 1.63. The Morgan fingerprint density at radius 1 is 2.00 bits per heavy atom. The molecule has 0 bridgehead atoms. The average Bonchev–Trinajstić information content (AvgIpc) is 1.37. The molecule has 0 aromatic carbocycles. The van der Waals surface area contributed by atoms with Gasteiger partial charge in [-0.15, -0.1) is 0 Å². The van der Waals surface area contributed by atoms with Gasteiger partial charge in [-0.25, -0.2) is 0 Å². The highest BCUT2D eigenvalue weighted by molar-refractivity contribution is 6.32. The first-order valence-corrected chi connectivity index (χ1v) is 1.52. The third kappa shape index (κ3) is 2.02. The fourth-order valence-corrected chi connectivity index (χ4v) is 0. The molecule has 0 aliphatic rings. The maximum absolute atomic E-state index is 7.88. The van der Waals surface area contributed by atoms with E-state index in [1.807, 2.05) is 6.82 Å². The topological polar surface area (TPSA) is 20.2 Å². The van der Waals surface area contributed by atoms with Crippen LogP contribution < -0.4 is 0 Å². The van der Waals surface area contributed by atoms with Gasteiger partial charge in [-0.1, -0.05) is 6.82 Å². The van der Waals surface area contributed by atoms with Crippen LogP contribution in [0.5, 0.6) is 0 Å². The monoisotopic (exact) mass is 58.1 g/mol. The Morgan fingerprint density at radius 2 is 2.25 bits per heavy atom.